The van der Waals surface area contributed by atoms with E-state index in [1.807, 2.05) is 6.92 Å². The molecule has 1 heterocycles. The maximum atomic E-state index is 5.87. The first-order valence-electron chi connectivity index (χ1n) is 8.23. The Bertz CT molecular complexity index is 755. The SMILES string of the molecule is CCOc1cccc2c1N[C@H](c1ccccc1Br)[C@H]1CC=C[C@@H]21. The first kappa shape index (κ1) is 14.8. The van der Waals surface area contributed by atoms with Gasteiger partial charge in [-0.3, -0.25) is 0 Å². The van der Waals surface area contributed by atoms with E-state index < -0.39 is 0 Å². The summed E-state index contributed by atoms with van der Waals surface area (Å²) in [5.74, 6) is 1.97. The second kappa shape index (κ2) is 6.04. The Morgan fingerprint density at radius 2 is 1.96 bits per heavy atom. The van der Waals surface area contributed by atoms with Crippen LogP contribution >= 0.6 is 15.9 Å². The molecule has 0 aromatic heterocycles. The molecule has 1 aliphatic carbocycles. The highest BCUT2D eigenvalue weighted by atomic mass is 79.9. The Morgan fingerprint density at radius 1 is 1.13 bits per heavy atom. The lowest BCUT2D eigenvalue weighted by Gasteiger charge is -2.38. The Kier molecular flexibility index (Phi) is 3.90. The van der Waals surface area contributed by atoms with Crippen molar-refractivity contribution in [2.45, 2.75) is 25.3 Å². The van der Waals surface area contributed by atoms with Gasteiger partial charge in [-0.2, -0.15) is 0 Å². The van der Waals surface area contributed by atoms with E-state index in [-0.39, 0.29) is 0 Å². The number of para-hydroxylation sites is 1. The molecule has 1 N–H and O–H groups in total. The van der Waals surface area contributed by atoms with Crippen molar-refractivity contribution in [3.05, 3.63) is 70.2 Å². The number of fused-ring (bicyclic) bond motifs is 3. The van der Waals surface area contributed by atoms with Gasteiger partial charge in [-0.05, 0) is 42.5 Å². The molecule has 3 heteroatoms. The van der Waals surface area contributed by atoms with E-state index in [1.165, 1.54) is 15.6 Å². The minimum Gasteiger partial charge on any atom is -0.492 e. The maximum absolute atomic E-state index is 5.87. The van der Waals surface area contributed by atoms with Gasteiger partial charge < -0.3 is 10.1 Å². The molecule has 0 radical (unpaired) electrons. The predicted octanol–water partition coefficient (Wildman–Crippen LogP) is 5.67. The van der Waals surface area contributed by atoms with Crippen LogP contribution in [0.5, 0.6) is 5.75 Å². The molecule has 2 aromatic rings. The average Bonchev–Trinajstić information content (AvgIpc) is 3.05. The van der Waals surface area contributed by atoms with Gasteiger partial charge >= 0.3 is 0 Å². The number of rotatable bonds is 3. The fourth-order valence-electron chi connectivity index (χ4n) is 3.90. The van der Waals surface area contributed by atoms with Gasteiger partial charge in [0, 0.05) is 10.4 Å². The number of nitrogens with one attached hydrogen (secondary N) is 1. The van der Waals surface area contributed by atoms with Crippen LogP contribution in [0.15, 0.2) is 59.1 Å². The number of hydrogen-bond donors (Lipinski definition) is 1. The Morgan fingerprint density at radius 3 is 2.78 bits per heavy atom. The van der Waals surface area contributed by atoms with E-state index in [1.54, 1.807) is 0 Å². The smallest absolute Gasteiger partial charge is 0.142 e. The standard InChI is InChI=1S/C20H20BrNO/c1-2-23-18-12-6-10-15-13-8-5-9-14(13)19(22-20(15)18)16-7-3-4-11-17(16)21/h3-8,10-14,19,22H,2,9H2,1H3/t13-,14+,19+/m1/s1. The molecule has 4 rings (SSSR count). The molecule has 0 amide bonds. The molecule has 0 saturated heterocycles. The van der Waals surface area contributed by atoms with Gasteiger partial charge in [-0.15, -0.1) is 0 Å². The fraction of sp³-hybridized carbons (Fsp3) is 0.300. The summed E-state index contributed by atoms with van der Waals surface area (Å²) in [5.41, 5.74) is 3.84. The molecule has 3 atom stereocenters. The van der Waals surface area contributed by atoms with Crippen molar-refractivity contribution in [1.82, 2.24) is 0 Å². The summed E-state index contributed by atoms with van der Waals surface area (Å²) < 4.78 is 7.04. The van der Waals surface area contributed by atoms with Gasteiger partial charge in [0.2, 0.25) is 0 Å². The van der Waals surface area contributed by atoms with Crippen molar-refractivity contribution in [2.75, 3.05) is 11.9 Å². The van der Waals surface area contributed by atoms with Crippen molar-refractivity contribution in [3.63, 3.8) is 0 Å². The normalized spacial score (nSPS) is 24.7. The molecule has 0 unspecified atom stereocenters. The third kappa shape index (κ3) is 2.47. The molecule has 0 fully saturated rings. The fourth-order valence-corrected chi connectivity index (χ4v) is 4.44. The molecule has 2 aliphatic rings. The largest absolute Gasteiger partial charge is 0.492 e. The van der Waals surface area contributed by atoms with Crippen molar-refractivity contribution >= 4 is 21.6 Å². The number of benzene rings is 2. The van der Waals surface area contributed by atoms with Gasteiger partial charge in [-0.1, -0.05) is 58.4 Å². The number of allylic oxidation sites excluding steroid dienone is 2. The molecule has 0 bridgehead atoms. The molecule has 23 heavy (non-hydrogen) atoms. The van der Waals surface area contributed by atoms with Gasteiger partial charge in [0.05, 0.1) is 18.3 Å². The lowest BCUT2D eigenvalue weighted by atomic mass is 9.77. The lowest BCUT2D eigenvalue weighted by molar-refractivity contribution is 0.337. The quantitative estimate of drug-likeness (QED) is 0.703. The van der Waals surface area contributed by atoms with E-state index >= 15 is 0 Å². The second-order valence-corrected chi connectivity index (χ2v) is 7.00. The third-order valence-corrected chi connectivity index (χ3v) is 5.62. The topological polar surface area (TPSA) is 21.3 Å². The molecule has 1 aliphatic heterocycles. The molecular weight excluding hydrogens is 350 g/mol. The van der Waals surface area contributed by atoms with Crippen LogP contribution in [0.4, 0.5) is 5.69 Å². The summed E-state index contributed by atoms with van der Waals surface area (Å²) in [4.78, 5) is 0. The van der Waals surface area contributed by atoms with E-state index in [9.17, 15) is 0 Å². The summed E-state index contributed by atoms with van der Waals surface area (Å²) in [5, 5.41) is 3.78. The highest BCUT2D eigenvalue weighted by Gasteiger charge is 2.39. The Labute approximate surface area is 145 Å². The number of halogens is 1. The zero-order valence-electron chi connectivity index (χ0n) is 13.1. The third-order valence-electron chi connectivity index (χ3n) is 4.90. The van der Waals surface area contributed by atoms with Crippen LogP contribution in [-0.4, -0.2) is 6.61 Å². The molecule has 0 spiro atoms. The van der Waals surface area contributed by atoms with Crippen molar-refractivity contribution in [2.24, 2.45) is 5.92 Å². The zero-order chi connectivity index (χ0) is 15.8. The van der Waals surface area contributed by atoms with E-state index in [0.29, 0.717) is 24.5 Å². The van der Waals surface area contributed by atoms with E-state index in [0.717, 1.165) is 17.9 Å². The number of ether oxygens (including phenoxy) is 1. The summed E-state index contributed by atoms with van der Waals surface area (Å²) in [6, 6.07) is 15.2. The predicted molar refractivity (Wildman–Crippen MR) is 98.1 cm³/mol. The Hall–Kier alpha value is -1.74. The van der Waals surface area contributed by atoms with Crippen molar-refractivity contribution in [3.8, 4) is 5.75 Å². The average molecular weight is 370 g/mol. The first-order valence-corrected chi connectivity index (χ1v) is 9.02. The molecule has 0 saturated carbocycles. The summed E-state index contributed by atoms with van der Waals surface area (Å²) in [6.45, 7) is 2.72. The maximum Gasteiger partial charge on any atom is 0.142 e. The van der Waals surface area contributed by atoms with Gasteiger partial charge in [-0.25, -0.2) is 0 Å². The molecule has 2 aromatic carbocycles. The van der Waals surface area contributed by atoms with E-state index in [4.69, 9.17) is 4.74 Å². The van der Waals surface area contributed by atoms with Crippen molar-refractivity contribution in [1.29, 1.82) is 0 Å². The first-order chi connectivity index (χ1) is 11.3. The molecular formula is C20H20BrNO. The molecule has 2 nitrogen and oxygen atoms in total. The number of hydrogen-bond acceptors (Lipinski definition) is 2. The van der Waals surface area contributed by atoms with Crippen LogP contribution in [-0.2, 0) is 0 Å². The van der Waals surface area contributed by atoms with Gasteiger partial charge in [0.25, 0.3) is 0 Å². The summed E-state index contributed by atoms with van der Waals surface area (Å²) in [6.07, 6.45) is 5.80. The van der Waals surface area contributed by atoms with E-state index in [2.05, 4.69) is 75.9 Å². The van der Waals surface area contributed by atoms with Crippen LogP contribution in [0.2, 0.25) is 0 Å². The highest BCUT2D eigenvalue weighted by Crippen LogP contribution is 2.52. The van der Waals surface area contributed by atoms with Crippen LogP contribution in [0, 0.1) is 5.92 Å². The van der Waals surface area contributed by atoms with Crippen LogP contribution in [0.1, 0.15) is 36.4 Å². The summed E-state index contributed by atoms with van der Waals surface area (Å²) >= 11 is 3.73. The summed E-state index contributed by atoms with van der Waals surface area (Å²) in [7, 11) is 0. The van der Waals surface area contributed by atoms with Crippen LogP contribution in [0.25, 0.3) is 0 Å². The zero-order valence-corrected chi connectivity index (χ0v) is 14.7. The number of anilines is 1. The van der Waals surface area contributed by atoms with Crippen LogP contribution in [0.3, 0.4) is 0 Å². The van der Waals surface area contributed by atoms with Gasteiger partial charge in [0.15, 0.2) is 0 Å². The van der Waals surface area contributed by atoms with Crippen LogP contribution < -0.4 is 10.1 Å². The minimum absolute atomic E-state index is 0.291. The minimum atomic E-state index is 0.291. The lowest BCUT2D eigenvalue weighted by Crippen LogP contribution is -2.29. The van der Waals surface area contributed by atoms with Gasteiger partial charge in [0.1, 0.15) is 5.75 Å². The monoisotopic (exact) mass is 369 g/mol. The Balaban J connectivity index is 1.82. The highest BCUT2D eigenvalue weighted by molar-refractivity contribution is 9.10. The van der Waals surface area contributed by atoms with Crippen molar-refractivity contribution < 1.29 is 4.74 Å². The molecule has 118 valence electrons. The second-order valence-electron chi connectivity index (χ2n) is 6.15.